The number of hydrogen-bond acceptors (Lipinski definition) is 5. The normalized spacial score (nSPS) is 13.3. The lowest BCUT2D eigenvalue weighted by molar-refractivity contribution is -0.129. The highest BCUT2D eigenvalue weighted by Gasteiger charge is 2.18. The smallest absolute Gasteiger partial charge is 0.262 e. The van der Waals surface area contributed by atoms with Gasteiger partial charge >= 0.3 is 0 Å². The van der Waals surface area contributed by atoms with Gasteiger partial charge in [0.25, 0.3) is 15.9 Å². The molecule has 0 unspecified atom stereocenters. The van der Waals surface area contributed by atoms with Crippen molar-refractivity contribution in [3.63, 3.8) is 0 Å². The Morgan fingerprint density at radius 1 is 0.946 bits per heavy atom. The van der Waals surface area contributed by atoms with Crippen molar-refractivity contribution in [3.05, 3.63) is 83.7 Å². The van der Waals surface area contributed by atoms with E-state index in [2.05, 4.69) is 10.0 Å². The highest BCUT2D eigenvalue weighted by atomic mass is 32.2. The zero-order chi connectivity index (χ0) is 26.4. The molecule has 1 aliphatic rings. The van der Waals surface area contributed by atoms with E-state index in [0.29, 0.717) is 23.4 Å². The molecule has 2 N–H and O–H groups in total. The lowest BCUT2D eigenvalue weighted by atomic mass is 10.1. The van der Waals surface area contributed by atoms with Crippen LogP contribution in [0.15, 0.2) is 71.6 Å². The number of nitrogens with zero attached hydrogens (tertiary/aromatic N) is 1. The van der Waals surface area contributed by atoms with Crippen LogP contribution in [-0.4, -0.2) is 44.8 Å². The third-order valence-electron chi connectivity index (χ3n) is 5.96. The number of amides is 2. The summed E-state index contributed by atoms with van der Waals surface area (Å²) in [6.07, 6.45) is 2.44. The first-order valence-corrected chi connectivity index (χ1v) is 13.4. The van der Waals surface area contributed by atoms with Crippen molar-refractivity contribution in [2.45, 2.75) is 31.1 Å². The van der Waals surface area contributed by atoms with Crippen molar-refractivity contribution in [2.75, 3.05) is 29.7 Å². The summed E-state index contributed by atoms with van der Waals surface area (Å²) in [5.41, 5.74) is 2.23. The Morgan fingerprint density at radius 2 is 1.59 bits per heavy atom. The molecule has 0 atom stereocenters. The van der Waals surface area contributed by atoms with Crippen molar-refractivity contribution in [2.24, 2.45) is 0 Å². The number of anilines is 2. The minimum atomic E-state index is -3.88. The third kappa shape index (κ3) is 7.07. The van der Waals surface area contributed by atoms with E-state index in [1.165, 1.54) is 30.3 Å². The number of rotatable bonds is 9. The van der Waals surface area contributed by atoms with Crippen LogP contribution in [0.1, 0.15) is 24.0 Å². The van der Waals surface area contributed by atoms with Crippen LogP contribution < -0.4 is 14.8 Å². The number of sulfonamides is 1. The molecule has 0 aliphatic carbocycles. The molecule has 4 rings (SSSR count). The van der Waals surface area contributed by atoms with E-state index >= 15 is 0 Å². The summed E-state index contributed by atoms with van der Waals surface area (Å²) in [5.74, 6) is -0.365. The average Bonchev–Trinajstić information content (AvgIpc) is 3.41. The first kappa shape index (κ1) is 26.2. The number of halogens is 1. The SMILES string of the molecule is Cc1cc(S(=O)(=O)Nc2ccc(F)cc2)ccc1OCC(=O)Nc1ccc(CC(=O)N2CCCC2)cc1. The van der Waals surface area contributed by atoms with Crippen LogP contribution in [0.4, 0.5) is 15.8 Å². The molecule has 37 heavy (non-hydrogen) atoms. The second-order valence-electron chi connectivity index (χ2n) is 8.84. The standard InChI is InChI=1S/C27H28FN3O5S/c1-19-16-24(37(34,35)30-23-10-6-21(28)7-11-23)12-13-25(19)36-18-26(32)29-22-8-4-20(5-9-22)17-27(33)31-14-2-3-15-31/h4-13,16,30H,2-3,14-15,17-18H2,1H3,(H,29,32). The molecule has 1 fully saturated rings. The first-order valence-electron chi connectivity index (χ1n) is 11.9. The van der Waals surface area contributed by atoms with E-state index in [0.717, 1.165) is 43.6 Å². The van der Waals surface area contributed by atoms with Gasteiger partial charge in [0.1, 0.15) is 11.6 Å². The van der Waals surface area contributed by atoms with Crippen molar-refractivity contribution < 1.29 is 27.1 Å². The van der Waals surface area contributed by atoms with Gasteiger partial charge in [-0.1, -0.05) is 12.1 Å². The number of nitrogens with one attached hydrogen (secondary N) is 2. The highest BCUT2D eigenvalue weighted by molar-refractivity contribution is 7.92. The topological polar surface area (TPSA) is 105 Å². The second-order valence-corrected chi connectivity index (χ2v) is 10.5. The molecule has 8 nitrogen and oxygen atoms in total. The van der Waals surface area contributed by atoms with Gasteiger partial charge in [-0.3, -0.25) is 14.3 Å². The van der Waals surface area contributed by atoms with Crippen LogP contribution in [-0.2, 0) is 26.0 Å². The number of likely N-dealkylation sites (tertiary alicyclic amines) is 1. The van der Waals surface area contributed by atoms with Crippen LogP contribution >= 0.6 is 0 Å². The molecule has 0 aromatic heterocycles. The van der Waals surface area contributed by atoms with Crippen molar-refractivity contribution in [1.29, 1.82) is 0 Å². The maximum Gasteiger partial charge on any atom is 0.262 e. The van der Waals surface area contributed by atoms with Crippen LogP contribution in [0.2, 0.25) is 0 Å². The predicted octanol–water partition coefficient (Wildman–Crippen LogP) is 4.12. The monoisotopic (exact) mass is 525 g/mol. The number of carbonyl (C=O) groups excluding carboxylic acids is 2. The van der Waals surface area contributed by atoms with Gasteiger partial charge in [-0.25, -0.2) is 12.8 Å². The molecular weight excluding hydrogens is 497 g/mol. The summed E-state index contributed by atoms with van der Waals surface area (Å²) in [4.78, 5) is 26.5. The zero-order valence-electron chi connectivity index (χ0n) is 20.4. The number of carbonyl (C=O) groups is 2. The van der Waals surface area contributed by atoms with Crippen molar-refractivity contribution >= 4 is 33.2 Å². The summed E-state index contributed by atoms with van der Waals surface area (Å²) in [7, 11) is -3.88. The summed E-state index contributed by atoms with van der Waals surface area (Å²) >= 11 is 0. The summed E-state index contributed by atoms with van der Waals surface area (Å²) in [6.45, 7) is 3.04. The molecule has 194 valence electrons. The van der Waals surface area contributed by atoms with Crippen molar-refractivity contribution in [1.82, 2.24) is 4.90 Å². The Balaban J connectivity index is 1.29. The van der Waals surface area contributed by atoms with E-state index in [1.54, 1.807) is 19.1 Å². The zero-order valence-corrected chi connectivity index (χ0v) is 21.2. The first-order chi connectivity index (χ1) is 17.7. The maximum absolute atomic E-state index is 13.1. The van der Waals surface area contributed by atoms with Gasteiger partial charge in [0.15, 0.2) is 6.61 Å². The Labute approximate surface area is 215 Å². The minimum absolute atomic E-state index is 0.00873. The molecule has 3 aromatic rings. The molecule has 3 aromatic carbocycles. The molecule has 0 bridgehead atoms. The largest absolute Gasteiger partial charge is 0.483 e. The van der Waals surface area contributed by atoms with Gasteiger partial charge < -0.3 is 15.0 Å². The number of aryl methyl sites for hydroxylation is 1. The molecule has 1 saturated heterocycles. The van der Waals surface area contributed by atoms with E-state index in [4.69, 9.17) is 4.74 Å². The van der Waals surface area contributed by atoms with Crippen LogP contribution in [0.3, 0.4) is 0 Å². The molecule has 1 heterocycles. The van der Waals surface area contributed by atoms with E-state index in [1.807, 2.05) is 17.0 Å². The van der Waals surface area contributed by atoms with Crippen LogP contribution in [0.25, 0.3) is 0 Å². The Bertz CT molecular complexity index is 1370. The Morgan fingerprint density at radius 3 is 2.24 bits per heavy atom. The minimum Gasteiger partial charge on any atom is -0.483 e. The molecular formula is C27H28FN3O5S. The van der Waals surface area contributed by atoms with Gasteiger partial charge in [-0.05, 0) is 85.5 Å². The molecule has 1 aliphatic heterocycles. The number of benzene rings is 3. The van der Waals surface area contributed by atoms with Crippen LogP contribution in [0, 0.1) is 12.7 Å². The lowest BCUT2D eigenvalue weighted by Crippen LogP contribution is -2.29. The fourth-order valence-electron chi connectivity index (χ4n) is 3.98. The van der Waals surface area contributed by atoms with Gasteiger partial charge in [0, 0.05) is 24.5 Å². The Hall–Kier alpha value is -3.92. The third-order valence-corrected chi connectivity index (χ3v) is 7.34. The highest BCUT2D eigenvalue weighted by Crippen LogP contribution is 2.24. The lowest BCUT2D eigenvalue weighted by Gasteiger charge is -2.15. The average molecular weight is 526 g/mol. The summed E-state index contributed by atoms with van der Waals surface area (Å²) < 4.78 is 46.3. The quantitative estimate of drug-likeness (QED) is 0.437. The second kappa shape index (κ2) is 11.4. The van der Waals surface area contributed by atoms with E-state index in [-0.39, 0.29) is 29.0 Å². The fourth-order valence-corrected chi connectivity index (χ4v) is 5.13. The summed E-state index contributed by atoms with van der Waals surface area (Å²) in [5, 5.41) is 2.74. The van der Waals surface area contributed by atoms with Gasteiger partial charge in [0.05, 0.1) is 11.3 Å². The van der Waals surface area contributed by atoms with Crippen molar-refractivity contribution in [3.8, 4) is 5.75 Å². The molecule has 0 spiro atoms. The molecule has 0 saturated carbocycles. The molecule has 0 radical (unpaired) electrons. The predicted molar refractivity (Wildman–Crippen MR) is 138 cm³/mol. The van der Waals surface area contributed by atoms with Crippen LogP contribution in [0.5, 0.6) is 5.75 Å². The summed E-state index contributed by atoms with van der Waals surface area (Å²) in [6, 6.07) is 16.4. The number of ether oxygens (including phenoxy) is 1. The number of hydrogen-bond donors (Lipinski definition) is 2. The molecule has 10 heteroatoms. The van der Waals surface area contributed by atoms with Gasteiger partial charge in [-0.2, -0.15) is 0 Å². The van der Waals surface area contributed by atoms with Gasteiger partial charge in [-0.15, -0.1) is 0 Å². The maximum atomic E-state index is 13.1. The fraction of sp³-hybridized carbons (Fsp3) is 0.259. The van der Waals surface area contributed by atoms with E-state index in [9.17, 15) is 22.4 Å². The van der Waals surface area contributed by atoms with Gasteiger partial charge in [0.2, 0.25) is 5.91 Å². The Kier molecular flexibility index (Phi) is 8.08. The molecule has 2 amide bonds. The van der Waals surface area contributed by atoms with E-state index < -0.39 is 15.8 Å².